The smallest absolute Gasteiger partial charge is 0.335 e. The van der Waals surface area contributed by atoms with E-state index in [1.165, 1.54) is 19.2 Å². The quantitative estimate of drug-likeness (QED) is 0.538. The molecule has 20 heavy (non-hydrogen) atoms. The number of carboxylic acids is 1. The molecule has 0 aromatic heterocycles. The van der Waals surface area contributed by atoms with E-state index in [0.29, 0.717) is 22.1 Å². The number of amides is 2. The van der Waals surface area contributed by atoms with Crippen molar-refractivity contribution in [1.82, 2.24) is 5.32 Å². The fraction of sp³-hybridized carbons (Fsp3) is 0.308. The van der Waals surface area contributed by atoms with Crippen LogP contribution >= 0.6 is 22.6 Å². The highest BCUT2D eigenvalue weighted by Crippen LogP contribution is 2.46. The van der Waals surface area contributed by atoms with Crippen molar-refractivity contribution in [3.63, 3.8) is 0 Å². The van der Waals surface area contributed by atoms with Crippen molar-refractivity contribution in [3.8, 4) is 0 Å². The zero-order chi connectivity index (χ0) is 14.9. The molecule has 0 radical (unpaired) electrons. The zero-order valence-electron chi connectivity index (χ0n) is 10.7. The second kappa shape index (κ2) is 5.39. The van der Waals surface area contributed by atoms with E-state index in [9.17, 15) is 14.4 Å². The normalized spacial score (nSPS) is 15.3. The van der Waals surface area contributed by atoms with Crippen LogP contribution in [0.15, 0.2) is 18.2 Å². The standard InChI is InChI=1S/C13H13IN2O4/c1-15-11(19)13(2-3-13)12(20)16-9-5-7(10(17)18)4-8(14)6-9/h4-6H,2-3H2,1H3,(H,15,19)(H,16,20)(H,17,18). The molecule has 0 unspecified atom stereocenters. The van der Waals surface area contributed by atoms with Crippen molar-refractivity contribution in [1.29, 1.82) is 0 Å². The Hall–Kier alpha value is -1.64. The van der Waals surface area contributed by atoms with Gasteiger partial charge in [0.05, 0.1) is 5.56 Å². The van der Waals surface area contributed by atoms with Gasteiger partial charge in [0.15, 0.2) is 0 Å². The van der Waals surface area contributed by atoms with Crippen LogP contribution in [0.1, 0.15) is 23.2 Å². The van der Waals surface area contributed by atoms with Crippen LogP contribution in [0.4, 0.5) is 5.69 Å². The Bertz CT molecular complexity index is 596. The molecule has 1 aromatic carbocycles. The number of aromatic carboxylic acids is 1. The van der Waals surface area contributed by atoms with Crippen molar-refractivity contribution in [2.45, 2.75) is 12.8 Å². The van der Waals surface area contributed by atoms with Crippen molar-refractivity contribution in [2.24, 2.45) is 5.41 Å². The molecule has 1 aromatic rings. The van der Waals surface area contributed by atoms with E-state index in [1.54, 1.807) is 6.07 Å². The Morgan fingerprint density at radius 2 is 1.85 bits per heavy atom. The minimum atomic E-state index is -1.06. The highest BCUT2D eigenvalue weighted by atomic mass is 127. The number of benzene rings is 1. The summed E-state index contributed by atoms with van der Waals surface area (Å²) in [4.78, 5) is 34.8. The maximum Gasteiger partial charge on any atom is 0.335 e. The van der Waals surface area contributed by atoms with Gasteiger partial charge in [0.1, 0.15) is 5.41 Å². The molecule has 1 aliphatic rings. The lowest BCUT2D eigenvalue weighted by Gasteiger charge is -2.14. The summed E-state index contributed by atoms with van der Waals surface area (Å²) < 4.78 is 0.697. The monoisotopic (exact) mass is 388 g/mol. The van der Waals surface area contributed by atoms with Crippen LogP contribution < -0.4 is 10.6 Å². The Balaban J connectivity index is 2.20. The Morgan fingerprint density at radius 3 is 2.35 bits per heavy atom. The molecular formula is C13H13IN2O4. The third kappa shape index (κ3) is 2.77. The van der Waals surface area contributed by atoms with Gasteiger partial charge in [0.2, 0.25) is 11.8 Å². The number of nitrogens with one attached hydrogen (secondary N) is 2. The largest absolute Gasteiger partial charge is 0.478 e. The minimum Gasteiger partial charge on any atom is -0.478 e. The van der Waals surface area contributed by atoms with Gasteiger partial charge < -0.3 is 15.7 Å². The zero-order valence-corrected chi connectivity index (χ0v) is 12.9. The van der Waals surface area contributed by atoms with Crippen molar-refractivity contribution < 1.29 is 19.5 Å². The number of carbonyl (C=O) groups is 3. The summed E-state index contributed by atoms with van der Waals surface area (Å²) in [5.41, 5.74) is -0.522. The Morgan fingerprint density at radius 1 is 1.20 bits per heavy atom. The van der Waals surface area contributed by atoms with Gasteiger partial charge in [-0.2, -0.15) is 0 Å². The summed E-state index contributed by atoms with van der Waals surface area (Å²) in [5, 5.41) is 14.1. The molecule has 7 heteroatoms. The molecule has 2 rings (SSSR count). The highest BCUT2D eigenvalue weighted by Gasteiger charge is 2.56. The van der Waals surface area contributed by atoms with Crippen molar-refractivity contribution >= 4 is 46.1 Å². The topological polar surface area (TPSA) is 95.5 Å². The molecule has 1 saturated carbocycles. The van der Waals surface area contributed by atoms with E-state index < -0.39 is 17.3 Å². The molecule has 0 heterocycles. The number of halogens is 1. The fourth-order valence-corrected chi connectivity index (χ4v) is 2.63. The van der Waals surface area contributed by atoms with Gasteiger partial charge in [0.25, 0.3) is 0 Å². The van der Waals surface area contributed by atoms with Gasteiger partial charge >= 0.3 is 5.97 Å². The molecule has 6 nitrogen and oxygen atoms in total. The molecule has 3 N–H and O–H groups in total. The van der Waals surface area contributed by atoms with Crippen LogP contribution in [-0.4, -0.2) is 29.9 Å². The third-order valence-electron chi connectivity index (χ3n) is 3.25. The molecule has 0 aliphatic heterocycles. The average Bonchev–Trinajstić information content (AvgIpc) is 3.18. The van der Waals surface area contributed by atoms with Gasteiger partial charge in [-0.05, 0) is 53.6 Å². The summed E-state index contributed by atoms with van der Waals surface area (Å²) in [6, 6.07) is 4.54. The molecule has 106 valence electrons. The molecule has 1 aliphatic carbocycles. The maximum absolute atomic E-state index is 12.2. The van der Waals surface area contributed by atoms with Gasteiger partial charge in [-0.15, -0.1) is 0 Å². The van der Waals surface area contributed by atoms with E-state index in [4.69, 9.17) is 5.11 Å². The Kier molecular flexibility index (Phi) is 3.98. The predicted molar refractivity (Wildman–Crippen MR) is 80.5 cm³/mol. The number of hydrogen-bond acceptors (Lipinski definition) is 3. The molecule has 0 spiro atoms. The first-order valence-electron chi connectivity index (χ1n) is 5.96. The summed E-state index contributed by atoms with van der Waals surface area (Å²) in [5.74, 6) is -1.76. The predicted octanol–water partition coefficient (Wildman–Crippen LogP) is 1.45. The number of rotatable bonds is 4. The number of hydrogen-bond donors (Lipinski definition) is 3. The molecule has 1 fully saturated rings. The van der Waals surface area contributed by atoms with Crippen LogP contribution in [0, 0.1) is 8.99 Å². The lowest BCUT2D eigenvalue weighted by molar-refractivity contribution is -0.134. The van der Waals surface area contributed by atoms with E-state index >= 15 is 0 Å². The second-order valence-electron chi connectivity index (χ2n) is 4.65. The maximum atomic E-state index is 12.2. The SMILES string of the molecule is CNC(=O)C1(C(=O)Nc2cc(I)cc(C(=O)O)c2)CC1. The minimum absolute atomic E-state index is 0.0944. The first kappa shape index (κ1) is 14.8. The molecule has 0 atom stereocenters. The summed E-state index contributed by atoms with van der Waals surface area (Å²) in [6.45, 7) is 0. The van der Waals surface area contributed by atoms with Crippen molar-refractivity contribution in [2.75, 3.05) is 12.4 Å². The van der Waals surface area contributed by atoms with Gasteiger partial charge in [0, 0.05) is 16.3 Å². The van der Waals surface area contributed by atoms with Crippen LogP contribution in [0.3, 0.4) is 0 Å². The summed E-state index contributed by atoms with van der Waals surface area (Å²) >= 11 is 1.97. The van der Waals surface area contributed by atoms with E-state index in [-0.39, 0.29) is 11.5 Å². The van der Waals surface area contributed by atoms with E-state index in [1.807, 2.05) is 22.6 Å². The van der Waals surface area contributed by atoms with Crippen molar-refractivity contribution in [3.05, 3.63) is 27.3 Å². The summed E-state index contributed by atoms with van der Waals surface area (Å²) in [7, 11) is 1.49. The van der Waals surface area contributed by atoms with Crippen LogP contribution in [0.25, 0.3) is 0 Å². The molecule has 2 amide bonds. The van der Waals surface area contributed by atoms with Gasteiger partial charge in [-0.3, -0.25) is 9.59 Å². The molecule has 0 saturated heterocycles. The summed E-state index contributed by atoms with van der Waals surface area (Å²) in [6.07, 6.45) is 1.02. The molecule has 0 bridgehead atoms. The first-order valence-corrected chi connectivity index (χ1v) is 7.04. The van der Waals surface area contributed by atoms with E-state index in [2.05, 4.69) is 10.6 Å². The van der Waals surface area contributed by atoms with E-state index in [0.717, 1.165) is 0 Å². The number of carboxylic acid groups (broad SMARTS) is 1. The van der Waals surface area contributed by atoms with Crippen LogP contribution in [0.2, 0.25) is 0 Å². The van der Waals surface area contributed by atoms with Gasteiger partial charge in [-0.1, -0.05) is 0 Å². The molecular weight excluding hydrogens is 375 g/mol. The van der Waals surface area contributed by atoms with Gasteiger partial charge in [-0.25, -0.2) is 4.79 Å². The average molecular weight is 388 g/mol. The fourth-order valence-electron chi connectivity index (χ4n) is 1.96. The number of anilines is 1. The third-order valence-corrected chi connectivity index (χ3v) is 3.87. The Labute approximate surface area is 129 Å². The van der Waals surface area contributed by atoms with Crippen LogP contribution in [0.5, 0.6) is 0 Å². The highest BCUT2D eigenvalue weighted by molar-refractivity contribution is 14.1. The lowest BCUT2D eigenvalue weighted by atomic mass is 10.1. The second-order valence-corrected chi connectivity index (χ2v) is 5.89. The van der Waals surface area contributed by atoms with Crippen LogP contribution in [-0.2, 0) is 9.59 Å². The lowest BCUT2D eigenvalue weighted by Crippen LogP contribution is -2.38. The first-order chi connectivity index (χ1) is 9.39. The number of carbonyl (C=O) groups excluding carboxylic acids is 2.